The molecular formula is C16H18F3N5. The molecule has 1 aliphatic rings. The first-order valence-electron chi connectivity index (χ1n) is 8.03. The molecule has 24 heavy (non-hydrogen) atoms. The SMILES string of the molecule is Cc1nc2cnc3[nH]ccc3c2n1[C@@H]1CC[C@@H](NCC(F)(F)F)C1. The van der Waals surface area contributed by atoms with Crippen LogP contribution in [0.15, 0.2) is 18.5 Å². The maximum Gasteiger partial charge on any atom is 0.401 e. The highest BCUT2D eigenvalue weighted by Gasteiger charge is 2.32. The summed E-state index contributed by atoms with van der Waals surface area (Å²) < 4.78 is 39.4. The van der Waals surface area contributed by atoms with Crippen molar-refractivity contribution in [3.63, 3.8) is 0 Å². The van der Waals surface area contributed by atoms with Gasteiger partial charge in [-0.1, -0.05) is 0 Å². The summed E-state index contributed by atoms with van der Waals surface area (Å²) in [4.78, 5) is 12.0. The summed E-state index contributed by atoms with van der Waals surface area (Å²) in [7, 11) is 0. The van der Waals surface area contributed by atoms with Crippen molar-refractivity contribution in [2.24, 2.45) is 0 Å². The molecule has 0 aromatic carbocycles. The van der Waals surface area contributed by atoms with E-state index in [4.69, 9.17) is 0 Å². The number of halogens is 3. The Labute approximate surface area is 136 Å². The number of imidazole rings is 1. The van der Waals surface area contributed by atoms with Crippen molar-refractivity contribution in [2.75, 3.05) is 6.54 Å². The minimum absolute atomic E-state index is 0.114. The lowest BCUT2D eigenvalue weighted by Gasteiger charge is -2.17. The van der Waals surface area contributed by atoms with Gasteiger partial charge in [-0.3, -0.25) is 0 Å². The topological polar surface area (TPSA) is 58.5 Å². The highest BCUT2D eigenvalue weighted by molar-refractivity contribution is 6.01. The maximum absolute atomic E-state index is 12.4. The van der Waals surface area contributed by atoms with E-state index in [-0.39, 0.29) is 12.1 Å². The number of H-pyrrole nitrogens is 1. The summed E-state index contributed by atoms with van der Waals surface area (Å²) in [5, 5.41) is 3.64. The van der Waals surface area contributed by atoms with Gasteiger partial charge in [0.2, 0.25) is 0 Å². The van der Waals surface area contributed by atoms with Gasteiger partial charge in [0.05, 0.1) is 18.3 Å². The molecular weight excluding hydrogens is 319 g/mol. The smallest absolute Gasteiger partial charge is 0.346 e. The molecule has 5 nitrogen and oxygen atoms in total. The highest BCUT2D eigenvalue weighted by atomic mass is 19.4. The summed E-state index contributed by atoms with van der Waals surface area (Å²) in [5.41, 5.74) is 2.64. The van der Waals surface area contributed by atoms with Gasteiger partial charge in [-0.05, 0) is 32.3 Å². The zero-order valence-corrected chi connectivity index (χ0v) is 13.2. The van der Waals surface area contributed by atoms with Crippen LogP contribution >= 0.6 is 0 Å². The van der Waals surface area contributed by atoms with Gasteiger partial charge in [0.15, 0.2) is 0 Å². The van der Waals surface area contributed by atoms with Crippen molar-refractivity contribution in [3.05, 3.63) is 24.3 Å². The molecule has 0 aliphatic heterocycles. The van der Waals surface area contributed by atoms with Crippen molar-refractivity contribution in [1.29, 1.82) is 0 Å². The molecule has 8 heteroatoms. The number of hydrogen-bond donors (Lipinski definition) is 2. The Morgan fingerprint density at radius 1 is 1.38 bits per heavy atom. The fourth-order valence-electron chi connectivity index (χ4n) is 3.79. The number of fused-ring (bicyclic) bond motifs is 3. The van der Waals surface area contributed by atoms with Crippen molar-refractivity contribution in [3.8, 4) is 0 Å². The summed E-state index contributed by atoms with van der Waals surface area (Å²) >= 11 is 0. The van der Waals surface area contributed by atoms with Crippen molar-refractivity contribution in [1.82, 2.24) is 24.8 Å². The van der Waals surface area contributed by atoms with Crippen LogP contribution < -0.4 is 5.32 Å². The highest BCUT2D eigenvalue weighted by Crippen LogP contribution is 2.36. The maximum atomic E-state index is 12.4. The fourth-order valence-corrected chi connectivity index (χ4v) is 3.79. The molecule has 0 radical (unpaired) electrons. The molecule has 0 amide bonds. The van der Waals surface area contributed by atoms with Crippen LogP contribution in [0.5, 0.6) is 0 Å². The van der Waals surface area contributed by atoms with Crippen LogP contribution in [0.2, 0.25) is 0 Å². The number of nitrogens with zero attached hydrogens (tertiary/aromatic N) is 3. The molecule has 2 atom stereocenters. The predicted molar refractivity (Wildman–Crippen MR) is 84.9 cm³/mol. The average molecular weight is 337 g/mol. The van der Waals surface area contributed by atoms with E-state index in [1.165, 1.54) is 0 Å². The number of nitrogens with one attached hydrogen (secondary N) is 2. The first-order chi connectivity index (χ1) is 11.4. The Kier molecular flexibility index (Phi) is 3.52. The second-order valence-corrected chi connectivity index (χ2v) is 6.42. The Morgan fingerprint density at radius 3 is 3.00 bits per heavy atom. The van der Waals surface area contributed by atoms with E-state index in [1.54, 1.807) is 6.20 Å². The van der Waals surface area contributed by atoms with E-state index >= 15 is 0 Å². The molecule has 4 rings (SSSR count). The molecule has 0 spiro atoms. The predicted octanol–water partition coefficient (Wildman–Crippen LogP) is 3.47. The zero-order valence-electron chi connectivity index (χ0n) is 13.2. The van der Waals surface area contributed by atoms with E-state index in [2.05, 4.69) is 24.8 Å². The molecule has 1 fully saturated rings. The number of alkyl halides is 3. The normalized spacial score (nSPS) is 22.0. The molecule has 128 valence electrons. The summed E-state index contributed by atoms with van der Waals surface area (Å²) in [6, 6.07) is 2.01. The van der Waals surface area contributed by atoms with E-state index < -0.39 is 12.7 Å². The molecule has 0 bridgehead atoms. The first-order valence-corrected chi connectivity index (χ1v) is 8.03. The standard InChI is InChI=1S/C16H18F3N5/c1-9-23-13-7-21-15-12(4-5-20-15)14(13)24(9)11-3-2-10(6-11)22-8-16(17,18)19/h4-5,7,10-11,22H,2-3,6,8H2,1H3,(H,20,21)/t10-,11-/m1/s1. The lowest BCUT2D eigenvalue weighted by Crippen LogP contribution is -2.35. The Bertz CT molecular complexity index is 879. The van der Waals surface area contributed by atoms with Crippen molar-refractivity contribution in [2.45, 2.75) is 44.4 Å². The molecule has 0 saturated heterocycles. The zero-order chi connectivity index (χ0) is 16.9. The number of aromatic nitrogens is 4. The summed E-state index contributed by atoms with van der Waals surface area (Å²) in [5.74, 6) is 0.877. The van der Waals surface area contributed by atoms with E-state index in [9.17, 15) is 13.2 Å². The monoisotopic (exact) mass is 337 g/mol. The van der Waals surface area contributed by atoms with Gasteiger partial charge in [0.1, 0.15) is 17.0 Å². The molecule has 1 saturated carbocycles. The lowest BCUT2D eigenvalue weighted by atomic mass is 10.2. The molecule has 2 N–H and O–H groups in total. The van der Waals surface area contributed by atoms with Crippen LogP contribution in [0, 0.1) is 6.92 Å². The van der Waals surface area contributed by atoms with Gasteiger partial charge in [0.25, 0.3) is 0 Å². The van der Waals surface area contributed by atoms with Crippen LogP contribution in [-0.4, -0.2) is 38.3 Å². The van der Waals surface area contributed by atoms with Crippen LogP contribution in [0.1, 0.15) is 31.1 Å². The van der Waals surface area contributed by atoms with E-state index in [0.717, 1.165) is 40.7 Å². The number of aryl methyl sites for hydroxylation is 1. The van der Waals surface area contributed by atoms with Gasteiger partial charge in [-0.2, -0.15) is 13.2 Å². The third kappa shape index (κ3) is 2.64. The summed E-state index contributed by atoms with van der Waals surface area (Å²) in [6.45, 7) is 1.01. The second kappa shape index (κ2) is 5.47. The lowest BCUT2D eigenvalue weighted by molar-refractivity contribution is -0.126. The van der Waals surface area contributed by atoms with Gasteiger partial charge < -0.3 is 14.9 Å². The van der Waals surface area contributed by atoms with Crippen molar-refractivity contribution >= 4 is 22.1 Å². The number of aromatic amines is 1. The Balaban J connectivity index is 1.65. The van der Waals surface area contributed by atoms with Crippen LogP contribution in [0.25, 0.3) is 22.1 Å². The number of hydrogen-bond acceptors (Lipinski definition) is 3. The third-order valence-corrected chi connectivity index (χ3v) is 4.77. The minimum Gasteiger partial charge on any atom is -0.346 e. The minimum atomic E-state index is -4.17. The largest absolute Gasteiger partial charge is 0.401 e. The molecule has 3 aromatic rings. The van der Waals surface area contributed by atoms with Crippen molar-refractivity contribution < 1.29 is 13.2 Å². The molecule has 3 aromatic heterocycles. The van der Waals surface area contributed by atoms with Gasteiger partial charge in [-0.15, -0.1) is 0 Å². The van der Waals surface area contributed by atoms with Crippen LogP contribution in [-0.2, 0) is 0 Å². The number of rotatable bonds is 3. The second-order valence-electron chi connectivity index (χ2n) is 6.42. The van der Waals surface area contributed by atoms with Crippen LogP contribution in [0.3, 0.4) is 0 Å². The quantitative estimate of drug-likeness (QED) is 0.769. The van der Waals surface area contributed by atoms with Gasteiger partial charge in [-0.25, -0.2) is 9.97 Å². The summed E-state index contributed by atoms with van der Waals surface area (Å²) in [6.07, 6.45) is 1.67. The van der Waals surface area contributed by atoms with Gasteiger partial charge >= 0.3 is 6.18 Å². The number of pyridine rings is 1. The fraction of sp³-hybridized carbons (Fsp3) is 0.500. The van der Waals surface area contributed by atoms with E-state index in [1.807, 2.05) is 19.2 Å². The molecule has 0 unspecified atom stereocenters. The van der Waals surface area contributed by atoms with Gasteiger partial charge in [0, 0.05) is 23.7 Å². The molecule has 3 heterocycles. The first kappa shape index (κ1) is 15.4. The molecule has 1 aliphatic carbocycles. The average Bonchev–Trinajstić information content (AvgIpc) is 3.20. The Morgan fingerprint density at radius 2 is 2.21 bits per heavy atom. The third-order valence-electron chi connectivity index (χ3n) is 4.77. The Hall–Kier alpha value is -2.09. The van der Waals surface area contributed by atoms with E-state index in [0.29, 0.717) is 6.42 Å². The van der Waals surface area contributed by atoms with Crippen LogP contribution in [0.4, 0.5) is 13.2 Å².